The predicted molar refractivity (Wildman–Crippen MR) is 104 cm³/mol. The molecule has 0 bridgehead atoms. The number of hydrazone groups is 1. The van der Waals surface area contributed by atoms with Crippen molar-refractivity contribution in [3.63, 3.8) is 0 Å². The molecule has 2 aromatic rings. The second-order valence-corrected chi connectivity index (χ2v) is 7.03. The van der Waals surface area contributed by atoms with Crippen LogP contribution in [0.5, 0.6) is 11.5 Å². The van der Waals surface area contributed by atoms with E-state index in [9.17, 15) is 19.2 Å². The van der Waals surface area contributed by atoms with Gasteiger partial charge in [0.05, 0.1) is 19.7 Å². The first-order chi connectivity index (χ1) is 14.4. The highest BCUT2D eigenvalue weighted by atomic mass is 32.2. The largest absolute Gasteiger partial charge is 0.493 e. The molecule has 0 aliphatic carbocycles. The number of ether oxygens (including phenoxy) is 2. The molecule has 0 spiro atoms. The number of nitrogens with one attached hydrogen (secondary N) is 2. The van der Waals surface area contributed by atoms with Gasteiger partial charge in [-0.2, -0.15) is 10.2 Å². The van der Waals surface area contributed by atoms with Crippen molar-refractivity contribution in [2.45, 2.75) is 18.2 Å². The summed E-state index contributed by atoms with van der Waals surface area (Å²) in [6.07, 6.45) is 3.85. The third-order valence-corrected chi connectivity index (χ3v) is 4.69. The Morgan fingerprint density at radius 1 is 1.37 bits per heavy atom. The second kappa shape index (κ2) is 9.65. The number of nitrogens with zero attached hydrogens (tertiary/aromatic N) is 4. The van der Waals surface area contributed by atoms with Gasteiger partial charge in [0.1, 0.15) is 24.4 Å². The van der Waals surface area contributed by atoms with Crippen molar-refractivity contribution in [2.24, 2.45) is 5.10 Å². The number of carbonyl (C=O) groups is 4. The molecule has 1 aliphatic heterocycles. The fraction of sp³-hybridized carbons (Fsp3) is 0.235. The van der Waals surface area contributed by atoms with Crippen LogP contribution >= 0.6 is 11.8 Å². The zero-order valence-corrected chi connectivity index (χ0v) is 16.4. The lowest BCUT2D eigenvalue weighted by atomic mass is 10.2. The summed E-state index contributed by atoms with van der Waals surface area (Å²) in [4.78, 5) is 50.3. The summed E-state index contributed by atoms with van der Waals surface area (Å²) in [5, 5.41) is 8.45. The molecule has 2 N–H and O–H groups in total. The van der Waals surface area contributed by atoms with Crippen LogP contribution in [0.15, 0.2) is 36.0 Å². The molecule has 1 aromatic carbocycles. The number of carbonyl (C=O) groups excluding carboxylic acids is 4. The zero-order chi connectivity index (χ0) is 21.5. The standard InChI is InChI=1S/C17H16N6O6S/c1-28-12-4-10(6-19-22-14(24)7-23-9-18-8-20-23)2-3-11(12)29-15(25)5-13-16(26)21-17(27)30-13/h2-4,6,8-9,13H,5,7H2,1H3,(H,22,24)(H,21,26,27)/b19-6-. The molecular weight excluding hydrogens is 416 g/mol. The Kier molecular flexibility index (Phi) is 6.75. The Morgan fingerprint density at radius 2 is 2.20 bits per heavy atom. The van der Waals surface area contributed by atoms with E-state index >= 15 is 0 Å². The average Bonchev–Trinajstić information content (AvgIpc) is 3.32. The number of rotatable bonds is 8. The minimum absolute atomic E-state index is 0.0293. The van der Waals surface area contributed by atoms with Gasteiger partial charge in [0.15, 0.2) is 11.5 Å². The lowest BCUT2D eigenvalue weighted by Crippen LogP contribution is -2.27. The number of aromatic nitrogens is 3. The van der Waals surface area contributed by atoms with Gasteiger partial charge in [0.2, 0.25) is 5.91 Å². The smallest absolute Gasteiger partial charge is 0.312 e. The lowest BCUT2D eigenvalue weighted by molar-refractivity contribution is -0.136. The molecule has 30 heavy (non-hydrogen) atoms. The van der Waals surface area contributed by atoms with E-state index in [1.54, 1.807) is 12.1 Å². The summed E-state index contributed by atoms with van der Waals surface area (Å²) >= 11 is 0.745. The molecule has 0 saturated carbocycles. The van der Waals surface area contributed by atoms with E-state index in [2.05, 4.69) is 25.9 Å². The van der Waals surface area contributed by atoms with E-state index < -0.39 is 22.4 Å². The van der Waals surface area contributed by atoms with Crippen LogP contribution in [-0.4, -0.2) is 56.4 Å². The van der Waals surface area contributed by atoms with Crippen molar-refractivity contribution < 1.29 is 28.7 Å². The number of benzene rings is 1. The van der Waals surface area contributed by atoms with Crippen LogP contribution in [0.4, 0.5) is 4.79 Å². The fourth-order valence-electron chi connectivity index (χ4n) is 2.37. The highest BCUT2D eigenvalue weighted by molar-refractivity contribution is 8.15. The first-order valence-corrected chi connectivity index (χ1v) is 9.37. The molecule has 1 aromatic heterocycles. The molecule has 3 amide bonds. The Balaban J connectivity index is 1.56. The van der Waals surface area contributed by atoms with Gasteiger partial charge in [-0.25, -0.2) is 15.1 Å². The van der Waals surface area contributed by atoms with Crippen LogP contribution in [0.25, 0.3) is 0 Å². The maximum absolute atomic E-state index is 12.1. The second-order valence-electron chi connectivity index (χ2n) is 5.86. The summed E-state index contributed by atoms with van der Waals surface area (Å²) in [6, 6.07) is 4.64. The number of thioether (sulfide) groups is 1. The first-order valence-electron chi connectivity index (χ1n) is 8.49. The van der Waals surface area contributed by atoms with Crippen molar-refractivity contribution in [3.05, 3.63) is 36.4 Å². The number of amides is 3. The lowest BCUT2D eigenvalue weighted by Gasteiger charge is -2.10. The van der Waals surface area contributed by atoms with Gasteiger partial charge < -0.3 is 9.47 Å². The molecular formula is C17H16N6O6S. The summed E-state index contributed by atoms with van der Waals surface area (Å²) in [5.74, 6) is -1.20. The molecule has 12 nitrogen and oxygen atoms in total. The maximum atomic E-state index is 12.1. The Morgan fingerprint density at radius 3 is 2.87 bits per heavy atom. The van der Waals surface area contributed by atoms with Gasteiger partial charge in [-0.15, -0.1) is 0 Å². The van der Waals surface area contributed by atoms with Crippen molar-refractivity contribution in [3.8, 4) is 11.5 Å². The van der Waals surface area contributed by atoms with E-state index in [0.29, 0.717) is 5.56 Å². The number of imide groups is 1. The molecule has 1 fully saturated rings. The van der Waals surface area contributed by atoms with Crippen LogP contribution in [0.2, 0.25) is 0 Å². The van der Waals surface area contributed by atoms with Gasteiger partial charge in [-0.3, -0.25) is 24.5 Å². The molecule has 13 heteroatoms. The first kappa shape index (κ1) is 21.0. The normalized spacial score (nSPS) is 15.8. The zero-order valence-electron chi connectivity index (χ0n) is 15.6. The molecule has 3 rings (SSSR count). The van der Waals surface area contributed by atoms with Gasteiger partial charge in [0.25, 0.3) is 11.1 Å². The summed E-state index contributed by atoms with van der Waals surface area (Å²) < 4.78 is 11.8. The van der Waals surface area contributed by atoms with Crippen LogP contribution in [-0.2, 0) is 20.9 Å². The molecule has 1 aliphatic rings. The maximum Gasteiger partial charge on any atom is 0.312 e. The topological polar surface area (TPSA) is 154 Å². The number of hydrogen-bond acceptors (Lipinski definition) is 10. The van der Waals surface area contributed by atoms with E-state index in [4.69, 9.17) is 9.47 Å². The van der Waals surface area contributed by atoms with Gasteiger partial charge >= 0.3 is 5.97 Å². The molecule has 1 atom stereocenters. The number of hydrogen-bond donors (Lipinski definition) is 2. The van der Waals surface area contributed by atoms with E-state index in [1.165, 1.54) is 36.7 Å². The van der Waals surface area contributed by atoms with Gasteiger partial charge in [-0.05, 0) is 23.8 Å². The SMILES string of the molecule is COc1cc(/C=N\NC(=O)Cn2cncn2)ccc1OC(=O)CC1SC(=O)NC1=O. The number of esters is 1. The van der Waals surface area contributed by atoms with E-state index in [-0.39, 0.29) is 30.4 Å². The summed E-state index contributed by atoms with van der Waals surface area (Å²) in [6.45, 7) is -0.0293. The molecule has 1 unspecified atom stereocenters. The molecule has 0 radical (unpaired) electrons. The summed E-state index contributed by atoms with van der Waals surface area (Å²) in [5.41, 5.74) is 2.92. The highest BCUT2D eigenvalue weighted by Crippen LogP contribution is 2.29. The molecule has 2 heterocycles. The monoisotopic (exact) mass is 432 g/mol. The Hall–Kier alpha value is -3.74. The Bertz CT molecular complexity index is 993. The predicted octanol–water partition coefficient (Wildman–Crippen LogP) is 0.0841. The molecule has 1 saturated heterocycles. The van der Waals surface area contributed by atoms with E-state index in [1.807, 2.05) is 0 Å². The quantitative estimate of drug-likeness (QED) is 0.255. The van der Waals surface area contributed by atoms with E-state index in [0.717, 1.165) is 11.8 Å². The van der Waals surface area contributed by atoms with Crippen molar-refractivity contribution >= 4 is 41.0 Å². The minimum Gasteiger partial charge on any atom is -0.493 e. The molecule has 156 valence electrons. The van der Waals surface area contributed by atoms with Crippen molar-refractivity contribution in [1.29, 1.82) is 0 Å². The van der Waals surface area contributed by atoms with Crippen LogP contribution in [0.1, 0.15) is 12.0 Å². The van der Waals surface area contributed by atoms with Gasteiger partial charge in [0, 0.05) is 0 Å². The van der Waals surface area contributed by atoms with Gasteiger partial charge in [-0.1, -0.05) is 11.8 Å². The van der Waals surface area contributed by atoms with Crippen LogP contribution in [0, 0.1) is 0 Å². The highest BCUT2D eigenvalue weighted by Gasteiger charge is 2.34. The van der Waals surface area contributed by atoms with Crippen LogP contribution in [0.3, 0.4) is 0 Å². The van der Waals surface area contributed by atoms with Crippen LogP contribution < -0.4 is 20.2 Å². The third kappa shape index (κ3) is 5.64. The Labute approximate surface area is 174 Å². The third-order valence-electron chi connectivity index (χ3n) is 3.71. The van der Waals surface area contributed by atoms with Crippen molar-refractivity contribution in [2.75, 3.05) is 7.11 Å². The number of methoxy groups -OCH3 is 1. The van der Waals surface area contributed by atoms with Crippen molar-refractivity contribution in [1.82, 2.24) is 25.5 Å². The fourth-order valence-corrected chi connectivity index (χ4v) is 3.17. The summed E-state index contributed by atoms with van der Waals surface area (Å²) in [7, 11) is 1.40. The average molecular weight is 432 g/mol. The minimum atomic E-state index is -0.816.